The van der Waals surface area contributed by atoms with Gasteiger partial charge in [0, 0.05) is 32.2 Å². The van der Waals surface area contributed by atoms with Gasteiger partial charge in [-0.1, -0.05) is 30.3 Å². The summed E-state index contributed by atoms with van der Waals surface area (Å²) < 4.78 is 1.94. The van der Waals surface area contributed by atoms with Crippen LogP contribution >= 0.6 is 0 Å². The van der Waals surface area contributed by atoms with Gasteiger partial charge in [0.25, 0.3) is 5.56 Å². The number of nitrogens with zero attached hydrogens (tertiary/aromatic N) is 4. The number of likely N-dealkylation sites (N-methyl/N-ethyl adjacent to an activating group) is 1. The number of rotatable bonds is 8. The summed E-state index contributed by atoms with van der Waals surface area (Å²) in [6, 6.07) is 10.2. The molecule has 4 rings (SSSR count). The first kappa shape index (κ1) is 21.8. The number of carbonyl (C=O) groups excluding carboxylic acids is 1. The second-order valence-corrected chi connectivity index (χ2v) is 8.04. The maximum Gasteiger partial charge on any atom is 0.278 e. The maximum absolute atomic E-state index is 13.0. The molecule has 3 aromatic rings. The second-order valence-electron chi connectivity index (χ2n) is 8.04. The Balaban J connectivity index is 1.67. The number of hydrogen-bond donors (Lipinski definition) is 4. The normalized spacial score (nSPS) is 16.3. The SMILES string of the molecule is CCNC(=O)CNc1nc2nc(N3CCCC(N)C3)n(CCc3ccccc3)c2c(=O)[nH]1. The van der Waals surface area contributed by atoms with Gasteiger partial charge in [0.05, 0.1) is 6.54 Å². The Morgan fingerprint density at radius 1 is 1.28 bits per heavy atom. The van der Waals surface area contributed by atoms with Gasteiger partial charge < -0.3 is 25.8 Å². The van der Waals surface area contributed by atoms with Gasteiger partial charge >= 0.3 is 0 Å². The number of H-pyrrole nitrogens is 1. The summed E-state index contributed by atoms with van der Waals surface area (Å²) in [6.45, 7) is 4.52. The fraction of sp³-hybridized carbons (Fsp3) is 0.455. The molecule has 1 saturated heterocycles. The van der Waals surface area contributed by atoms with Gasteiger partial charge in [-0.15, -0.1) is 0 Å². The van der Waals surface area contributed by atoms with E-state index in [4.69, 9.17) is 10.7 Å². The molecule has 3 heterocycles. The number of piperidine rings is 1. The van der Waals surface area contributed by atoms with Crippen molar-refractivity contribution in [3.05, 3.63) is 46.2 Å². The highest BCUT2D eigenvalue weighted by Crippen LogP contribution is 2.23. The molecule has 10 nitrogen and oxygen atoms in total. The number of fused-ring (bicyclic) bond motifs is 1. The van der Waals surface area contributed by atoms with E-state index < -0.39 is 0 Å². The third-order valence-electron chi connectivity index (χ3n) is 5.59. The summed E-state index contributed by atoms with van der Waals surface area (Å²) >= 11 is 0. The molecule has 0 spiro atoms. The van der Waals surface area contributed by atoms with E-state index in [-0.39, 0.29) is 30.0 Å². The molecular formula is C22H30N8O2. The van der Waals surface area contributed by atoms with Crippen LogP contribution in [0.5, 0.6) is 0 Å². The molecule has 1 unspecified atom stereocenters. The van der Waals surface area contributed by atoms with Crippen LogP contribution in [-0.2, 0) is 17.8 Å². The molecule has 1 aromatic carbocycles. The Kier molecular flexibility index (Phi) is 6.69. The first-order chi connectivity index (χ1) is 15.5. The van der Waals surface area contributed by atoms with Crippen LogP contribution in [0.3, 0.4) is 0 Å². The van der Waals surface area contributed by atoms with Crippen molar-refractivity contribution < 1.29 is 4.79 Å². The van der Waals surface area contributed by atoms with Crippen LogP contribution in [0.25, 0.3) is 11.2 Å². The fourth-order valence-corrected chi connectivity index (χ4v) is 4.07. The van der Waals surface area contributed by atoms with Crippen LogP contribution < -0.4 is 26.8 Å². The van der Waals surface area contributed by atoms with Gasteiger partial charge in [-0.2, -0.15) is 9.97 Å². The average Bonchev–Trinajstić information content (AvgIpc) is 3.16. The Morgan fingerprint density at radius 3 is 2.84 bits per heavy atom. The van der Waals surface area contributed by atoms with E-state index in [1.807, 2.05) is 29.7 Å². The van der Waals surface area contributed by atoms with E-state index in [1.54, 1.807) is 0 Å². The minimum atomic E-state index is -0.290. The van der Waals surface area contributed by atoms with Gasteiger partial charge in [-0.3, -0.25) is 14.6 Å². The highest BCUT2D eigenvalue weighted by atomic mass is 16.2. The first-order valence-electron chi connectivity index (χ1n) is 11.1. The van der Waals surface area contributed by atoms with Crippen molar-refractivity contribution in [2.45, 2.75) is 38.8 Å². The van der Waals surface area contributed by atoms with Crippen molar-refractivity contribution in [2.24, 2.45) is 5.73 Å². The Bertz CT molecular complexity index is 1120. The standard InChI is InChI=1S/C22H30N8O2/c1-2-24-17(31)13-25-21-26-19-18(20(32)28-21)30(12-10-15-7-4-3-5-8-15)22(27-19)29-11-6-9-16(23)14-29/h3-5,7-8,16H,2,6,9-14,23H2,1H3,(H,24,31)(H2,25,26,28,32). The summed E-state index contributed by atoms with van der Waals surface area (Å²) in [5.74, 6) is 0.764. The van der Waals surface area contributed by atoms with Crippen LogP contribution in [0.2, 0.25) is 0 Å². The van der Waals surface area contributed by atoms with E-state index in [2.05, 4.69) is 37.6 Å². The van der Waals surface area contributed by atoms with Gasteiger partial charge in [0.15, 0.2) is 11.2 Å². The zero-order valence-corrected chi connectivity index (χ0v) is 18.3. The molecule has 10 heteroatoms. The number of imidazole rings is 1. The monoisotopic (exact) mass is 438 g/mol. The van der Waals surface area contributed by atoms with E-state index in [0.717, 1.165) is 25.8 Å². The van der Waals surface area contributed by atoms with Gasteiger partial charge in [-0.25, -0.2) is 0 Å². The molecule has 5 N–H and O–H groups in total. The number of amides is 1. The molecule has 2 aromatic heterocycles. The number of aryl methyl sites for hydroxylation is 2. The third kappa shape index (κ3) is 4.91. The molecule has 0 radical (unpaired) electrons. The predicted molar refractivity (Wildman–Crippen MR) is 125 cm³/mol. The number of carbonyl (C=O) groups is 1. The minimum Gasteiger partial charge on any atom is -0.355 e. The highest BCUT2D eigenvalue weighted by Gasteiger charge is 2.24. The second kappa shape index (κ2) is 9.82. The zero-order chi connectivity index (χ0) is 22.5. The Labute approximate surface area is 186 Å². The van der Waals surface area contributed by atoms with Crippen molar-refractivity contribution in [3.63, 3.8) is 0 Å². The number of aromatic nitrogens is 4. The number of nitrogens with one attached hydrogen (secondary N) is 3. The minimum absolute atomic E-state index is 0.0187. The van der Waals surface area contributed by atoms with E-state index in [1.165, 1.54) is 5.56 Å². The van der Waals surface area contributed by atoms with Crippen LogP contribution in [0, 0.1) is 0 Å². The lowest BCUT2D eigenvalue weighted by molar-refractivity contribution is -0.119. The fourth-order valence-electron chi connectivity index (χ4n) is 4.07. The molecule has 1 aliphatic heterocycles. The molecule has 0 saturated carbocycles. The lowest BCUT2D eigenvalue weighted by Crippen LogP contribution is -2.44. The van der Waals surface area contributed by atoms with Gasteiger partial charge in [0.1, 0.15) is 0 Å². The number of hydrogen-bond acceptors (Lipinski definition) is 7. The highest BCUT2D eigenvalue weighted by molar-refractivity contribution is 5.80. The van der Waals surface area contributed by atoms with Gasteiger partial charge in [0.2, 0.25) is 17.8 Å². The van der Waals surface area contributed by atoms with Crippen LogP contribution in [-0.4, -0.2) is 57.6 Å². The maximum atomic E-state index is 13.0. The molecule has 0 aliphatic carbocycles. The molecule has 1 atom stereocenters. The number of benzene rings is 1. The number of anilines is 2. The molecule has 32 heavy (non-hydrogen) atoms. The molecule has 0 bridgehead atoms. The summed E-state index contributed by atoms with van der Waals surface area (Å²) in [7, 11) is 0. The molecule has 1 amide bonds. The topological polar surface area (TPSA) is 134 Å². The molecule has 1 fully saturated rings. The van der Waals surface area contributed by atoms with Crippen molar-refractivity contribution in [1.29, 1.82) is 0 Å². The van der Waals surface area contributed by atoms with Crippen molar-refractivity contribution >= 4 is 29.0 Å². The van der Waals surface area contributed by atoms with Gasteiger partial charge in [-0.05, 0) is 31.7 Å². The van der Waals surface area contributed by atoms with E-state index >= 15 is 0 Å². The quantitative estimate of drug-likeness (QED) is 0.409. The average molecular weight is 439 g/mol. The number of aromatic amines is 1. The van der Waals surface area contributed by atoms with Crippen LogP contribution in [0.15, 0.2) is 35.1 Å². The lowest BCUT2D eigenvalue weighted by atomic mass is 10.1. The Morgan fingerprint density at radius 2 is 2.09 bits per heavy atom. The Hall–Kier alpha value is -3.40. The number of nitrogens with two attached hydrogens (primary N) is 1. The van der Waals surface area contributed by atoms with Crippen LogP contribution in [0.4, 0.5) is 11.9 Å². The van der Waals surface area contributed by atoms with Crippen molar-refractivity contribution in [2.75, 3.05) is 36.4 Å². The predicted octanol–water partition coefficient (Wildman–Crippen LogP) is 0.838. The van der Waals surface area contributed by atoms with E-state index in [0.29, 0.717) is 36.7 Å². The summed E-state index contributed by atoms with van der Waals surface area (Å²) in [6.07, 6.45) is 2.72. The first-order valence-corrected chi connectivity index (χ1v) is 11.1. The summed E-state index contributed by atoms with van der Waals surface area (Å²) in [5, 5.41) is 5.57. The smallest absolute Gasteiger partial charge is 0.278 e. The molecule has 170 valence electrons. The third-order valence-corrected chi connectivity index (χ3v) is 5.59. The van der Waals surface area contributed by atoms with Crippen molar-refractivity contribution in [3.8, 4) is 0 Å². The zero-order valence-electron chi connectivity index (χ0n) is 18.3. The van der Waals surface area contributed by atoms with Crippen LogP contribution in [0.1, 0.15) is 25.3 Å². The molecule has 1 aliphatic rings. The van der Waals surface area contributed by atoms with E-state index in [9.17, 15) is 9.59 Å². The molecular weight excluding hydrogens is 408 g/mol. The lowest BCUT2D eigenvalue weighted by Gasteiger charge is -2.31. The van der Waals surface area contributed by atoms with Crippen molar-refractivity contribution in [1.82, 2.24) is 24.8 Å². The summed E-state index contributed by atoms with van der Waals surface area (Å²) in [4.78, 5) is 38.9. The summed E-state index contributed by atoms with van der Waals surface area (Å²) in [5.41, 5.74) is 7.88. The largest absolute Gasteiger partial charge is 0.355 e.